The van der Waals surface area contributed by atoms with E-state index in [0.717, 1.165) is 5.57 Å². The number of carbonyl (C=O) groups excluding carboxylic acids is 3. The van der Waals surface area contributed by atoms with E-state index < -0.39 is 83.5 Å². The first-order valence-electron chi connectivity index (χ1n) is 22.7. The third kappa shape index (κ3) is 12.9. The highest BCUT2D eigenvalue weighted by atomic mass is 16.7. The van der Waals surface area contributed by atoms with Gasteiger partial charge in [-0.2, -0.15) is 0 Å². The van der Waals surface area contributed by atoms with E-state index in [1.54, 1.807) is 28.3 Å². The number of esters is 1. The van der Waals surface area contributed by atoms with Crippen molar-refractivity contribution in [3.63, 3.8) is 0 Å². The van der Waals surface area contributed by atoms with Crippen LogP contribution in [0, 0.1) is 29.6 Å². The summed E-state index contributed by atoms with van der Waals surface area (Å²) in [4.78, 5) is 50.4. The minimum absolute atomic E-state index is 0.0154. The molecule has 14 heteroatoms. The van der Waals surface area contributed by atoms with E-state index in [0.29, 0.717) is 62.7 Å². The van der Waals surface area contributed by atoms with Crippen molar-refractivity contribution in [2.75, 3.05) is 27.9 Å². The summed E-state index contributed by atoms with van der Waals surface area (Å²) < 4.78 is 30.2. The van der Waals surface area contributed by atoms with E-state index in [9.17, 15) is 29.7 Å². The van der Waals surface area contributed by atoms with Gasteiger partial charge in [-0.3, -0.25) is 9.59 Å². The van der Waals surface area contributed by atoms with Crippen LogP contribution in [-0.4, -0.2) is 132 Å². The van der Waals surface area contributed by atoms with Gasteiger partial charge in [0, 0.05) is 52.0 Å². The maximum Gasteiger partial charge on any atom is 0.329 e. The van der Waals surface area contributed by atoms with Gasteiger partial charge in [-0.05, 0) is 116 Å². The SMILES string of the molecule is CC[C@@H]1/C=C(\C)C[C@H](C)C[C@H](OC)[C@H]2O[C@@](O)(C(=O)C(=O)N3CCCC[C@H]3C(=O)O[C@H](/C(C)=C/[C@@H]3CC[C@@H](O)[C@H](OC)C3)[C@H](C)[C@@H](O)C/C1=N/OC(C)(C)C)[C@H](C)C[C@@H]2OC. The summed E-state index contributed by atoms with van der Waals surface area (Å²) in [5.74, 6) is -6.93. The maximum atomic E-state index is 14.5. The number of aliphatic hydroxyl groups excluding tert-OH is 2. The third-order valence-corrected chi connectivity index (χ3v) is 13.4. The Bertz CT molecular complexity index is 1570. The Kier molecular flexibility index (Phi) is 18.6. The molecule has 14 atom stereocenters. The number of Topliss-reactive ketones (excluding diaryl/α,β-unsaturated/α-hetero) is 1. The number of ketones is 1. The molecule has 2 bridgehead atoms. The summed E-state index contributed by atoms with van der Waals surface area (Å²) in [6, 6.07) is -1.12. The number of aliphatic hydroxyl groups is 3. The Morgan fingerprint density at radius 1 is 0.934 bits per heavy atom. The largest absolute Gasteiger partial charge is 0.456 e. The number of ether oxygens (including phenoxy) is 5. The number of cyclic esters (lactones) is 1. The Morgan fingerprint density at radius 2 is 1.59 bits per heavy atom. The normalized spacial score (nSPS) is 40.0. The molecule has 14 nitrogen and oxygen atoms in total. The maximum absolute atomic E-state index is 14.5. The second kappa shape index (κ2) is 22.3. The minimum Gasteiger partial charge on any atom is -0.456 e. The van der Waals surface area contributed by atoms with Crippen LogP contribution in [0.2, 0.25) is 0 Å². The van der Waals surface area contributed by atoms with E-state index in [2.05, 4.69) is 32.0 Å². The number of fused-ring (bicyclic) bond motifs is 3. The molecule has 348 valence electrons. The minimum atomic E-state index is -2.50. The second-order valence-corrected chi connectivity index (χ2v) is 19.5. The summed E-state index contributed by atoms with van der Waals surface area (Å²) in [5, 5.41) is 39.5. The third-order valence-electron chi connectivity index (χ3n) is 13.4. The van der Waals surface area contributed by atoms with Crippen molar-refractivity contribution in [1.82, 2.24) is 4.90 Å². The first-order chi connectivity index (χ1) is 28.7. The molecule has 0 aromatic carbocycles. The first kappa shape index (κ1) is 50.9. The number of amides is 1. The summed E-state index contributed by atoms with van der Waals surface area (Å²) in [6.07, 6.45) is 4.81. The first-order valence-corrected chi connectivity index (χ1v) is 22.7. The zero-order chi connectivity index (χ0) is 45.4. The second-order valence-electron chi connectivity index (χ2n) is 19.5. The van der Waals surface area contributed by atoms with Crippen molar-refractivity contribution in [2.45, 2.75) is 193 Å². The van der Waals surface area contributed by atoms with Crippen molar-refractivity contribution >= 4 is 23.4 Å². The van der Waals surface area contributed by atoms with E-state index in [1.165, 1.54) is 4.90 Å². The topological polar surface area (TPSA) is 183 Å². The van der Waals surface area contributed by atoms with Crippen molar-refractivity contribution < 1.29 is 58.2 Å². The van der Waals surface area contributed by atoms with Crippen LogP contribution in [0.15, 0.2) is 28.5 Å². The van der Waals surface area contributed by atoms with Crippen LogP contribution >= 0.6 is 0 Å². The summed E-state index contributed by atoms with van der Waals surface area (Å²) >= 11 is 0. The van der Waals surface area contributed by atoms with Gasteiger partial charge in [0.2, 0.25) is 5.79 Å². The fraction of sp³-hybridized carbons (Fsp3) is 0.830. The average Bonchev–Trinajstić information content (AvgIpc) is 3.22. The van der Waals surface area contributed by atoms with E-state index in [1.807, 2.05) is 40.7 Å². The highest BCUT2D eigenvalue weighted by Gasteiger charge is 2.56. The lowest BCUT2D eigenvalue weighted by Crippen LogP contribution is -2.64. The van der Waals surface area contributed by atoms with Gasteiger partial charge < -0.3 is 48.7 Å². The smallest absolute Gasteiger partial charge is 0.329 e. The number of rotatable bonds is 7. The summed E-state index contributed by atoms with van der Waals surface area (Å²) in [7, 11) is 4.69. The monoisotopic (exact) mass is 863 g/mol. The molecular formula is C47H78N2O12. The average molecular weight is 863 g/mol. The van der Waals surface area contributed by atoms with Gasteiger partial charge in [-0.15, -0.1) is 0 Å². The van der Waals surface area contributed by atoms with Crippen LogP contribution in [0.5, 0.6) is 0 Å². The standard InChI is InChI=1S/C47H78N2O12/c1-13-33-21-27(2)20-28(3)22-39(57-11)42-40(58-12)24-30(5)47(55,60-42)43(52)44(53)49-19-15-14-16-35(49)45(54)59-41(29(4)23-32-17-18-36(50)38(25-32)56-10)31(6)37(51)26-34(33)48-61-46(7,8)9/h21,23,28,30-33,35-42,50-51,55H,13-20,22,24-26H2,1-12H3/b27-21+,29-23+,48-34-/t28-,30+,31+,32-,33+,35-,36+,37-,38+,39-,40-,41+,42+,47+/m0/s1. The Balaban J connectivity index is 1.84. The van der Waals surface area contributed by atoms with Gasteiger partial charge in [-0.25, -0.2) is 4.79 Å². The van der Waals surface area contributed by atoms with Gasteiger partial charge >= 0.3 is 5.97 Å². The number of nitrogens with zero attached hydrogens (tertiary/aromatic N) is 2. The number of allylic oxidation sites excluding steroid dienone is 3. The van der Waals surface area contributed by atoms with Crippen molar-refractivity contribution in [1.29, 1.82) is 0 Å². The predicted octanol–water partition coefficient (Wildman–Crippen LogP) is 6.07. The molecule has 0 spiro atoms. The molecule has 3 heterocycles. The van der Waals surface area contributed by atoms with Gasteiger partial charge in [0.1, 0.15) is 23.9 Å². The molecule has 3 N–H and O–H groups in total. The highest BCUT2D eigenvalue weighted by molar-refractivity contribution is 6.39. The molecule has 0 aromatic heterocycles. The molecule has 2 saturated heterocycles. The van der Waals surface area contributed by atoms with E-state index >= 15 is 0 Å². The number of carbonyl (C=O) groups is 3. The number of hydrogen-bond acceptors (Lipinski definition) is 13. The highest BCUT2D eigenvalue weighted by Crippen LogP contribution is 2.39. The van der Waals surface area contributed by atoms with Crippen LogP contribution in [0.4, 0.5) is 0 Å². The number of oxime groups is 1. The lowest BCUT2D eigenvalue weighted by Gasteiger charge is -2.47. The van der Waals surface area contributed by atoms with Gasteiger partial charge in [0.25, 0.3) is 11.7 Å². The Morgan fingerprint density at radius 3 is 2.21 bits per heavy atom. The van der Waals surface area contributed by atoms with Gasteiger partial charge in [-0.1, -0.05) is 50.6 Å². The van der Waals surface area contributed by atoms with Crippen LogP contribution in [0.25, 0.3) is 0 Å². The van der Waals surface area contributed by atoms with Crippen LogP contribution in [0.1, 0.15) is 133 Å². The quantitative estimate of drug-likeness (QED) is 0.116. The molecule has 1 aliphatic carbocycles. The molecule has 61 heavy (non-hydrogen) atoms. The van der Waals surface area contributed by atoms with Crippen molar-refractivity contribution in [2.24, 2.45) is 34.7 Å². The van der Waals surface area contributed by atoms with Crippen LogP contribution < -0.4 is 0 Å². The molecule has 4 rings (SSSR count). The Hall–Kier alpha value is -2.72. The lowest BCUT2D eigenvalue weighted by molar-refractivity contribution is -0.302. The molecule has 1 amide bonds. The number of piperidine rings is 1. The van der Waals surface area contributed by atoms with E-state index in [-0.39, 0.29) is 49.7 Å². The van der Waals surface area contributed by atoms with Crippen LogP contribution in [0.3, 0.4) is 0 Å². The molecular weight excluding hydrogens is 785 g/mol. The van der Waals surface area contributed by atoms with E-state index in [4.69, 9.17) is 28.5 Å². The zero-order valence-electron chi connectivity index (χ0n) is 39.1. The molecule has 4 aliphatic rings. The molecule has 0 radical (unpaired) electrons. The van der Waals surface area contributed by atoms with Crippen molar-refractivity contribution in [3.05, 3.63) is 23.3 Å². The Labute approximate surface area is 364 Å². The summed E-state index contributed by atoms with van der Waals surface area (Å²) in [5.41, 5.74) is 1.88. The fourth-order valence-corrected chi connectivity index (χ4v) is 9.71. The number of hydrogen-bond donors (Lipinski definition) is 3. The molecule has 3 fully saturated rings. The lowest BCUT2D eigenvalue weighted by atomic mass is 9.81. The summed E-state index contributed by atoms with van der Waals surface area (Å²) in [6.45, 7) is 17.5. The molecule has 0 aromatic rings. The number of methoxy groups -OCH3 is 3. The fourth-order valence-electron chi connectivity index (χ4n) is 9.71. The van der Waals surface area contributed by atoms with Crippen LogP contribution in [-0.2, 0) is 42.9 Å². The van der Waals surface area contributed by atoms with Gasteiger partial charge in [0.05, 0.1) is 36.2 Å². The van der Waals surface area contributed by atoms with Gasteiger partial charge in [0.15, 0.2) is 0 Å². The van der Waals surface area contributed by atoms with Crippen molar-refractivity contribution in [3.8, 4) is 0 Å². The molecule has 1 saturated carbocycles. The molecule has 3 aliphatic heterocycles. The molecule has 0 unspecified atom stereocenters. The zero-order valence-corrected chi connectivity index (χ0v) is 39.1. The predicted molar refractivity (Wildman–Crippen MR) is 231 cm³/mol.